The molecule has 0 spiro atoms. The van der Waals surface area contributed by atoms with Gasteiger partial charge in [-0.05, 0) is 30.3 Å². The van der Waals surface area contributed by atoms with Gasteiger partial charge in [0.15, 0.2) is 0 Å². The zero-order valence-electron chi connectivity index (χ0n) is 14.5. The van der Waals surface area contributed by atoms with Crippen LogP contribution in [0.2, 0.25) is 5.02 Å². The largest absolute Gasteiger partial charge is 0.497 e. The van der Waals surface area contributed by atoms with Gasteiger partial charge in [0.25, 0.3) is 0 Å². The minimum atomic E-state index is 0.420. The fourth-order valence-electron chi connectivity index (χ4n) is 2.62. The molecule has 0 aliphatic heterocycles. The van der Waals surface area contributed by atoms with E-state index in [2.05, 4.69) is 25.6 Å². The first-order valence-corrected chi connectivity index (χ1v) is 8.64. The molecule has 4 aromatic rings. The molecular formula is C20H16ClN5O. The van der Waals surface area contributed by atoms with Crippen molar-refractivity contribution < 1.29 is 4.74 Å². The fraction of sp³-hybridized carbons (Fsp3) is 0.0500. The van der Waals surface area contributed by atoms with E-state index in [1.807, 2.05) is 30.3 Å². The Balaban J connectivity index is 1.57. The molecule has 0 fully saturated rings. The van der Waals surface area contributed by atoms with Gasteiger partial charge in [0.05, 0.1) is 35.2 Å². The van der Waals surface area contributed by atoms with Gasteiger partial charge in [0, 0.05) is 17.6 Å². The van der Waals surface area contributed by atoms with Crippen LogP contribution >= 0.6 is 11.6 Å². The van der Waals surface area contributed by atoms with E-state index in [-0.39, 0.29) is 0 Å². The summed E-state index contributed by atoms with van der Waals surface area (Å²) in [6.45, 7) is 0. The third-order valence-electron chi connectivity index (χ3n) is 3.94. The van der Waals surface area contributed by atoms with Crippen LogP contribution in [0.15, 0.2) is 67.0 Å². The first-order chi connectivity index (χ1) is 13.2. The van der Waals surface area contributed by atoms with E-state index in [0.717, 1.165) is 16.6 Å². The quantitative estimate of drug-likeness (QED) is 0.499. The number of nitrogens with zero attached hydrogens (tertiary/aromatic N) is 3. The number of aromatic nitrogens is 3. The average Bonchev–Trinajstić information content (AvgIpc) is 2.70. The van der Waals surface area contributed by atoms with Crippen LogP contribution in [0.25, 0.3) is 10.9 Å². The highest BCUT2D eigenvalue weighted by atomic mass is 35.5. The molecule has 0 bridgehead atoms. The number of para-hydroxylation sites is 1. The molecule has 0 aliphatic rings. The highest BCUT2D eigenvalue weighted by molar-refractivity contribution is 6.33. The van der Waals surface area contributed by atoms with Gasteiger partial charge in [0.1, 0.15) is 11.6 Å². The number of anilines is 4. The summed E-state index contributed by atoms with van der Waals surface area (Å²) < 4.78 is 5.23. The lowest BCUT2D eigenvalue weighted by atomic mass is 10.2. The molecule has 2 aromatic carbocycles. The first-order valence-electron chi connectivity index (χ1n) is 8.27. The lowest BCUT2D eigenvalue weighted by Gasteiger charge is -2.11. The van der Waals surface area contributed by atoms with Gasteiger partial charge in [-0.3, -0.25) is 4.98 Å². The number of methoxy groups -OCH3 is 1. The van der Waals surface area contributed by atoms with E-state index in [9.17, 15) is 0 Å². The summed E-state index contributed by atoms with van der Waals surface area (Å²) in [5, 5.41) is 7.97. The van der Waals surface area contributed by atoms with Crippen molar-refractivity contribution in [2.45, 2.75) is 0 Å². The molecule has 7 heteroatoms. The highest BCUT2D eigenvalue weighted by Gasteiger charge is 2.06. The van der Waals surface area contributed by atoms with Crippen molar-refractivity contribution in [2.75, 3.05) is 17.7 Å². The molecule has 0 aliphatic carbocycles. The van der Waals surface area contributed by atoms with Crippen molar-refractivity contribution in [2.24, 2.45) is 0 Å². The number of benzene rings is 2. The minimum Gasteiger partial charge on any atom is -0.497 e. The smallest absolute Gasteiger partial charge is 0.229 e. The summed E-state index contributed by atoms with van der Waals surface area (Å²) in [5.74, 6) is 1.76. The summed E-state index contributed by atoms with van der Waals surface area (Å²) in [7, 11) is 1.60. The van der Waals surface area contributed by atoms with Crippen LogP contribution in [-0.2, 0) is 0 Å². The monoisotopic (exact) mass is 377 g/mol. The maximum atomic E-state index is 6.23. The lowest BCUT2D eigenvalue weighted by Crippen LogP contribution is -2.01. The second-order valence-corrected chi connectivity index (χ2v) is 6.19. The lowest BCUT2D eigenvalue weighted by molar-refractivity contribution is 0.415. The molecule has 0 unspecified atom stereocenters. The molecule has 6 nitrogen and oxygen atoms in total. The molecule has 4 rings (SSSR count). The number of pyridine rings is 1. The minimum absolute atomic E-state index is 0.420. The summed E-state index contributed by atoms with van der Waals surface area (Å²) in [6.07, 6.45) is 3.44. The molecule has 2 aromatic heterocycles. The van der Waals surface area contributed by atoms with Crippen LogP contribution in [0, 0.1) is 0 Å². The SMILES string of the molecule is COc1ccc(Cl)c(Nc2nccc(Nc3cnc4ccccc4c3)n2)c1. The van der Waals surface area contributed by atoms with Gasteiger partial charge in [-0.2, -0.15) is 4.98 Å². The van der Waals surface area contributed by atoms with E-state index >= 15 is 0 Å². The third kappa shape index (κ3) is 3.91. The summed E-state index contributed by atoms with van der Waals surface area (Å²) in [6, 6.07) is 17.1. The highest BCUT2D eigenvalue weighted by Crippen LogP contribution is 2.29. The predicted octanol–water partition coefficient (Wildman–Crippen LogP) is 5.17. The molecule has 0 amide bonds. The van der Waals surface area contributed by atoms with Gasteiger partial charge in [-0.1, -0.05) is 29.8 Å². The maximum absolute atomic E-state index is 6.23. The Hall–Kier alpha value is -3.38. The first kappa shape index (κ1) is 17.1. The molecule has 134 valence electrons. The number of rotatable bonds is 5. The summed E-state index contributed by atoms with van der Waals surface area (Å²) in [5.41, 5.74) is 2.46. The van der Waals surface area contributed by atoms with Crippen LogP contribution in [0.1, 0.15) is 0 Å². The number of hydrogen-bond donors (Lipinski definition) is 2. The van der Waals surface area contributed by atoms with Crippen LogP contribution < -0.4 is 15.4 Å². The van der Waals surface area contributed by atoms with Gasteiger partial charge < -0.3 is 15.4 Å². The summed E-state index contributed by atoms with van der Waals surface area (Å²) >= 11 is 6.23. The molecule has 0 saturated carbocycles. The van der Waals surface area contributed by atoms with E-state index in [4.69, 9.17) is 16.3 Å². The fourth-order valence-corrected chi connectivity index (χ4v) is 2.79. The van der Waals surface area contributed by atoms with Gasteiger partial charge in [0.2, 0.25) is 5.95 Å². The van der Waals surface area contributed by atoms with Crippen molar-refractivity contribution in [3.05, 3.63) is 72.0 Å². The van der Waals surface area contributed by atoms with E-state index in [1.54, 1.807) is 43.8 Å². The molecule has 2 N–H and O–H groups in total. The van der Waals surface area contributed by atoms with Gasteiger partial charge in [-0.15, -0.1) is 0 Å². The predicted molar refractivity (Wildman–Crippen MR) is 108 cm³/mol. The standard InChI is InChI=1S/C20H16ClN5O/c1-27-15-6-7-16(21)18(11-15)25-20-22-9-8-19(26-20)24-14-10-13-4-2-3-5-17(13)23-12-14/h2-12H,1H3,(H2,22,24,25,26). The number of hydrogen-bond acceptors (Lipinski definition) is 6. The zero-order valence-corrected chi connectivity index (χ0v) is 15.2. The number of halogens is 1. The topological polar surface area (TPSA) is 72.0 Å². The second kappa shape index (κ2) is 7.47. The average molecular weight is 378 g/mol. The molecule has 0 radical (unpaired) electrons. The summed E-state index contributed by atoms with van der Waals surface area (Å²) in [4.78, 5) is 13.2. The molecular weight excluding hydrogens is 362 g/mol. The van der Waals surface area contributed by atoms with Crippen molar-refractivity contribution in [1.29, 1.82) is 0 Å². The Labute approximate surface area is 161 Å². The zero-order chi connectivity index (χ0) is 18.6. The van der Waals surface area contributed by atoms with Crippen molar-refractivity contribution in [3.8, 4) is 5.75 Å². The Morgan fingerprint density at radius 2 is 1.85 bits per heavy atom. The molecule has 2 heterocycles. The molecule has 27 heavy (non-hydrogen) atoms. The second-order valence-electron chi connectivity index (χ2n) is 5.78. The maximum Gasteiger partial charge on any atom is 0.229 e. The normalized spacial score (nSPS) is 10.6. The molecule has 0 saturated heterocycles. The Morgan fingerprint density at radius 3 is 2.74 bits per heavy atom. The molecule has 0 atom stereocenters. The van der Waals surface area contributed by atoms with Crippen LogP contribution in [0.4, 0.5) is 23.1 Å². The van der Waals surface area contributed by atoms with Crippen molar-refractivity contribution in [1.82, 2.24) is 15.0 Å². The number of nitrogens with one attached hydrogen (secondary N) is 2. The Morgan fingerprint density at radius 1 is 0.963 bits per heavy atom. The van der Waals surface area contributed by atoms with E-state index < -0.39 is 0 Å². The van der Waals surface area contributed by atoms with Crippen molar-refractivity contribution >= 4 is 45.6 Å². The van der Waals surface area contributed by atoms with E-state index in [1.165, 1.54) is 0 Å². The van der Waals surface area contributed by atoms with E-state index in [0.29, 0.717) is 28.2 Å². The van der Waals surface area contributed by atoms with Crippen LogP contribution in [0.3, 0.4) is 0 Å². The van der Waals surface area contributed by atoms with Crippen LogP contribution in [-0.4, -0.2) is 22.1 Å². The van der Waals surface area contributed by atoms with Crippen molar-refractivity contribution in [3.63, 3.8) is 0 Å². The van der Waals surface area contributed by atoms with Gasteiger partial charge in [-0.25, -0.2) is 4.98 Å². The Kier molecular flexibility index (Phi) is 4.72. The Bertz CT molecular complexity index is 1100. The number of fused-ring (bicyclic) bond motifs is 1. The van der Waals surface area contributed by atoms with Crippen LogP contribution in [0.5, 0.6) is 5.75 Å². The van der Waals surface area contributed by atoms with Gasteiger partial charge >= 0.3 is 0 Å². The number of ether oxygens (including phenoxy) is 1. The third-order valence-corrected chi connectivity index (χ3v) is 4.27.